The molecular formula is C26H26N2O4. The zero-order valence-corrected chi connectivity index (χ0v) is 18.0. The lowest BCUT2D eigenvalue weighted by Gasteiger charge is -2.37. The Morgan fingerprint density at radius 3 is 2.50 bits per heavy atom. The van der Waals surface area contributed by atoms with E-state index in [1.165, 1.54) is 0 Å². The molecule has 1 unspecified atom stereocenters. The number of hydrogen-bond donors (Lipinski definition) is 1. The topological polar surface area (TPSA) is 60.0 Å². The lowest BCUT2D eigenvalue weighted by Crippen LogP contribution is -2.42. The summed E-state index contributed by atoms with van der Waals surface area (Å²) in [5, 5.41) is 3.46. The summed E-state index contributed by atoms with van der Waals surface area (Å²) in [5.41, 5.74) is 2.34. The molecule has 0 saturated carbocycles. The van der Waals surface area contributed by atoms with Crippen molar-refractivity contribution in [2.75, 3.05) is 32.2 Å². The van der Waals surface area contributed by atoms with Crippen molar-refractivity contribution in [1.82, 2.24) is 4.90 Å². The van der Waals surface area contributed by atoms with Crippen LogP contribution in [-0.4, -0.2) is 37.7 Å². The Morgan fingerprint density at radius 2 is 1.72 bits per heavy atom. The minimum absolute atomic E-state index is 0.0402. The number of carbonyl (C=O) groups excluding carboxylic acids is 1. The summed E-state index contributed by atoms with van der Waals surface area (Å²) in [4.78, 5) is 14.8. The lowest BCUT2D eigenvalue weighted by molar-refractivity contribution is 0.0707. The maximum absolute atomic E-state index is 13.1. The van der Waals surface area contributed by atoms with Crippen molar-refractivity contribution in [3.8, 4) is 17.2 Å². The molecule has 32 heavy (non-hydrogen) atoms. The molecule has 0 saturated heterocycles. The Kier molecular flexibility index (Phi) is 6.60. The third-order valence-electron chi connectivity index (χ3n) is 5.20. The standard InChI is InChI=1S/C26H26N2O4/c1-3-15-28-25(27-22-12-8-7-11-21(22)26(28)29)19-13-14-23(24(18-19)30-2)32-17-16-31-20-9-5-4-6-10-20/h3-14,18,25,27H,1,15-17H2,2H3. The predicted molar refractivity (Wildman–Crippen MR) is 124 cm³/mol. The van der Waals surface area contributed by atoms with Crippen molar-refractivity contribution >= 4 is 11.6 Å². The van der Waals surface area contributed by atoms with Crippen molar-refractivity contribution in [3.63, 3.8) is 0 Å². The summed E-state index contributed by atoms with van der Waals surface area (Å²) in [5.74, 6) is 1.97. The number of fused-ring (bicyclic) bond motifs is 1. The molecule has 0 fully saturated rings. The number of methoxy groups -OCH3 is 1. The number of nitrogens with zero attached hydrogens (tertiary/aromatic N) is 1. The minimum Gasteiger partial charge on any atom is -0.493 e. The van der Waals surface area contributed by atoms with Gasteiger partial charge in [0.1, 0.15) is 25.1 Å². The number of anilines is 1. The largest absolute Gasteiger partial charge is 0.493 e. The van der Waals surface area contributed by atoms with Crippen LogP contribution in [0.5, 0.6) is 17.2 Å². The van der Waals surface area contributed by atoms with E-state index in [1.807, 2.05) is 72.8 Å². The molecule has 1 amide bonds. The van der Waals surface area contributed by atoms with Gasteiger partial charge in [0, 0.05) is 12.2 Å². The van der Waals surface area contributed by atoms with E-state index in [0.29, 0.717) is 36.8 Å². The molecule has 0 radical (unpaired) electrons. The smallest absolute Gasteiger partial charge is 0.258 e. The van der Waals surface area contributed by atoms with Gasteiger partial charge in [-0.1, -0.05) is 42.5 Å². The van der Waals surface area contributed by atoms with Crippen molar-refractivity contribution in [3.05, 3.63) is 96.6 Å². The summed E-state index contributed by atoms with van der Waals surface area (Å²) in [6.45, 7) is 5.02. The maximum Gasteiger partial charge on any atom is 0.258 e. The number of ether oxygens (including phenoxy) is 3. The lowest BCUT2D eigenvalue weighted by atomic mass is 10.0. The molecule has 6 nitrogen and oxygen atoms in total. The summed E-state index contributed by atoms with van der Waals surface area (Å²) in [7, 11) is 1.60. The van der Waals surface area contributed by atoms with Crippen LogP contribution < -0.4 is 19.5 Å². The number of hydrogen-bond acceptors (Lipinski definition) is 5. The molecule has 6 heteroatoms. The van der Waals surface area contributed by atoms with Crippen LogP contribution >= 0.6 is 0 Å². The average molecular weight is 431 g/mol. The second kappa shape index (κ2) is 9.92. The van der Waals surface area contributed by atoms with Crippen LogP contribution in [0, 0.1) is 0 Å². The quantitative estimate of drug-likeness (QED) is 0.386. The van der Waals surface area contributed by atoms with E-state index < -0.39 is 0 Å². The first-order valence-corrected chi connectivity index (χ1v) is 10.5. The van der Waals surface area contributed by atoms with Crippen LogP contribution in [-0.2, 0) is 0 Å². The maximum atomic E-state index is 13.1. The Hall–Kier alpha value is -3.93. The minimum atomic E-state index is -0.347. The molecule has 1 aliphatic heterocycles. The Morgan fingerprint density at radius 1 is 0.969 bits per heavy atom. The summed E-state index contributed by atoms with van der Waals surface area (Å²) >= 11 is 0. The number of rotatable bonds is 9. The second-order valence-corrected chi connectivity index (χ2v) is 7.26. The van der Waals surface area contributed by atoms with Gasteiger partial charge in [-0.3, -0.25) is 4.79 Å². The zero-order chi connectivity index (χ0) is 22.3. The number of carbonyl (C=O) groups is 1. The first-order chi connectivity index (χ1) is 15.7. The van der Waals surface area contributed by atoms with E-state index in [4.69, 9.17) is 14.2 Å². The summed E-state index contributed by atoms with van der Waals surface area (Å²) < 4.78 is 17.1. The van der Waals surface area contributed by atoms with E-state index in [2.05, 4.69) is 11.9 Å². The zero-order valence-electron chi connectivity index (χ0n) is 18.0. The Labute approximate surface area is 188 Å². The third-order valence-corrected chi connectivity index (χ3v) is 5.20. The van der Waals surface area contributed by atoms with E-state index in [0.717, 1.165) is 17.0 Å². The van der Waals surface area contributed by atoms with Crippen molar-refractivity contribution in [2.45, 2.75) is 6.17 Å². The average Bonchev–Trinajstić information content (AvgIpc) is 2.84. The van der Waals surface area contributed by atoms with E-state index in [-0.39, 0.29) is 12.1 Å². The Balaban J connectivity index is 1.49. The molecule has 4 rings (SSSR count). The SMILES string of the molecule is C=CCN1C(=O)c2ccccc2NC1c1ccc(OCCOc2ccccc2)c(OC)c1. The number of nitrogens with one attached hydrogen (secondary N) is 1. The second-order valence-electron chi connectivity index (χ2n) is 7.26. The van der Waals surface area contributed by atoms with Crippen molar-refractivity contribution in [1.29, 1.82) is 0 Å². The highest BCUT2D eigenvalue weighted by Gasteiger charge is 2.32. The van der Waals surface area contributed by atoms with Gasteiger partial charge in [-0.25, -0.2) is 0 Å². The third kappa shape index (κ3) is 4.54. The normalized spacial score (nSPS) is 14.8. The fraction of sp³-hybridized carbons (Fsp3) is 0.192. The fourth-order valence-electron chi connectivity index (χ4n) is 3.68. The highest BCUT2D eigenvalue weighted by atomic mass is 16.5. The molecule has 1 N–H and O–H groups in total. The number of para-hydroxylation sites is 2. The van der Waals surface area contributed by atoms with Crippen LogP contribution in [0.3, 0.4) is 0 Å². The van der Waals surface area contributed by atoms with E-state index in [1.54, 1.807) is 18.1 Å². The monoisotopic (exact) mass is 430 g/mol. The molecule has 1 atom stereocenters. The molecule has 0 bridgehead atoms. The fourth-order valence-corrected chi connectivity index (χ4v) is 3.68. The molecule has 164 valence electrons. The van der Waals surface area contributed by atoms with Crippen LogP contribution in [0.25, 0.3) is 0 Å². The summed E-state index contributed by atoms with van der Waals surface area (Å²) in [6.07, 6.45) is 1.38. The molecule has 1 heterocycles. The highest BCUT2D eigenvalue weighted by molar-refractivity contribution is 6.01. The molecule has 0 spiro atoms. The molecule has 1 aliphatic rings. The summed E-state index contributed by atoms with van der Waals surface area (Å²) in [6, 6.07) is 22.8. The molecule has 0 aromatic heterocycles. The van der Waals surface area contributed by atoms with Gasteiger partial charge < -0.3 is 24.4 Å². The van der Waals surface area contributed by atoms with E-state index >= 15 is 0 Å². The number of amides is 1. The van der Waals surface area contributed by atoms with E-state index in [9.17, 15) is 4.79 Å². The predicted octanol–water partition coefficient (Wildman–Crippen LogP) is 4.91. The van der Waals surface area contributed by atoms with Crippen LogP contribution in [0.15, 0.2) is 85.5 Å². The van der Waals surface area contributed by atoms with Gasteiger partial charge in [0.2, 0.25) is 0 Å². The van der Waals surface area contributed by atoms with Gasteiger partial charge in [0.15, 0.2) is 11.5 Å². The van der Waals surface area contributed by atoms with Crippen LogP contribution in [0.2, 0.25) is 0 Å². The molecular weight excluding hydrogens is 404 g/mol. The van der Waals surface area contributed by atoms with Gasteiger partial charge in [-0.05, 0) is 42.0 Å². The molecule has 3 aromatic carbocycles. The first-order valence-electron chi connectivity index (χ1n) is 10.5. The van der Waals surface area contributed by atoms with Crippen molar-refractivity contribution < 1.29 is 19.0 Å². The van der Waals surface area contributed by atoms with Gasteiger partial charge in [-0.15, -0.1) is 6.58 Å². The van der Waals surface area contributed by atoms with Gasteiger partial charge in [0.05, 0.1) is 12.7 Å². The van der Waals surface area contributed by atoms with Crippen LogP contribution in [0.4, 0.5) is 5.69 Å². The first kappa shape index (κ1) is 21.3. The highest BCUT2D eigenvalue weighted by Crippen LogP contribution is 2.36. The van der Waals surface area contributed by atoms with Crippen molar-refractivity contribution in [2.24, 2.45) is 0 Å². The molecule has 0 aliphatic carbocycles. The van der Waals surface area contributed by atoms with Gasteiger partial charge in [-0.2, -0.15) is 0 Å². The molecule has 3 aromatic rings. The number of benzene rings is 3. The van der Waals surface area contributed by atoms with Gasteiger partial charge in [0.25, 0.3) is 5.91 Å². The van der Waals surface area contributed by atoms with Crippen LogP contribution in [0.1, 0.15) is 22.1 Å². The van der Waals surface area contributed by atoms with Gasteiger partial charge >= 0.3 is 0 Å². The Bertz CT molecular complexity index is 1080.